The van der Waals surface area contributed by atoms with Gasteiger partial charge in [-0.1, -0.05) is 0 Å². The molecule has 0 aromatic rings. The Morgan fingerprint density at radius 1 is 1.53 bits per heavy atom. The molecule has 3 heterocycles. The molecule has 0 amide bonds. The number of fused-ring (bicyclic) bond motifs is 3. The van der Waals surface area contributed by atoms with Crippen LogP contribution in [0.5, 0.6) is 0 Å². The molecule has 3 aliphatic heterocycles. The maximum absolute atomic E-state index is 5.59. The summed E-state index contributed by atoms with van der Waals surface area (Å²) in [6.07, 6.45) is 8.04. The standard InChI is InChI=1S/C14H23N3OS/c1-3-11-10-17-6-4-12(11)8-13(17)9-16-14(19)15-5-7-18-2/h1,11-13H,4-10H2,2H3,(H2,15,16,19)/t11-,12-,13+/m0/s1. The molecule has 0 aliphatic carbocycles. The number of methoxy groups -OCH3 is 1. The SMILES string of the molecule is C#C[C@H]1CN2CC[C@H]1C[C@@H]2CNC(=S)NCCOC. The first kappa shape index (κ1) is 14.6. The first-order valence-electron chi connectivity index (χ1n) is 6.95. The molecule has 1 unspecified atom stereocenters. The van der Waals surface area contributed by atoms with Crippen molar-refractivity contribution in [1.82, 2.24) is 15.5 Å². The lowest BCUT2D eigenvalue weighted by Crippen LogP contribution is -2.57. The Kier molecular flexibility index (Phi) is 5.44. The van der Waals surface area contributed by atoms with E-state index in [-0.39, 0.29) is 0 Å². The van der Waals surface area contributed by atoms with Gasteiger partial charge in [0.25, 0.3) is 0 Å². The van der Waals surface area contributed by atoms with Crippen LogP contribution >= 0.6 is 12.2 Å². The van der Waals surface area contributed by atoms with Gasteiger partial charge in [0, 0.05) is 38.7 Å². The van der Waals surface area contributed by atoms with E-state index >= 15 is 0 Å². The molecule has 0 aromatic carbocycles. The fourth-order valence-corrected chi connectivity index (χ4v) is 3.26. The average Bonchev–Trinajstić information content (AvgIpc) is 2.46. The molecular formula is C14H23N3OS. The summed E-state index contributed by atoms with van der Waals surface area (Å²) in [5.74, 6) is 4.10. The Morgan fingerprint density at radius 2 is 2.37 bits per heavy atom. The van der Waals surface area contributed by atoms with E-state index in [0.29, 0.717) is 29.6 Å². The molecular weight excluding hydrogens is 258 g/mol. The van der Waals surface area contributed by atoms with Crippen molar-refractivity contribution in [3.8, 4) is 12.3 Å². The minimum atomic E-state index is 0.455. The van der Waals surface area contributed by atoms with Gasteiger partial charge in [0.15, 0.2) is 5.11 Å². The van der Waals surface area contributed by atoms with Gasteiger partial charge in [0.2, 0.25) is 0 Å². The van der Waals surface area contributed by atoms with Gasteiger partial charge < -0.3 is 15.4 Å². The van der Waals surface area contributed by atoms with E-state index in [9.17, 15) is 0 Å². The van der Waals surface area contributed by atoms with Crippen LogP contribution in [0.15, 0.2) is 0 Å². The summed E-state index contributed by atoms with van der Waals surface area (Å²) >= 11 is 5.24. The van der Waals surface area contributed by atoms with Crippen LogP contribution < -0.4 is 10.6 Å². The summed E-state index contributed by atoms with van der Waals surface area (Å²) in [6.45, 7) is 4.56. The normalized spacial score (nSPS) is 32.6. The van der Waals surface area contributed by atoms with Crippen molar-refractivity contribution < 1.29 is 4.74 Å². The molecule has 3 rings (SSSR count). The summed E-state index contributed by atoms with van der Waals surface area (Å²) in [6, 6.07) is 0.575. The Morgan fingerprint density at radius 3 is 3.00 bits per heavy atom. The number of nitrogens with zero attached hydrogens (tertiary/aromatic N) is 1. The Labute approximate surface area is 121 Å². The third-order valence-electron chi connectivity index (χ3n) is 4.18. The fraction of sp³-hybridized carbons (Fsp3) is 0.786. The largest absolute Gasteiger partial charge is 0.383 e. The maximum Gasteiger partial charge on any atom is 0.166 e. The van der Waals surface area contributed by atoms with Crippen molar-refractivity contribution in [2.75, 3.05) is 39.9 Å². The molecule has 2 N–H and O–H groups in total. The number of hydrogen-bond acceptors (Lipinski definition) is 3. The first-order valence-corrected chi connectivity index (χ1v) is 7.36. The van der Waals surface area contributed by atoms with Crippen molar-refractivity contribution in [3.63, 3.8) is 0 Å². The number of ether oxygens (including phenoxy) is 1. The molecule has 4 atom stereocenters. The molecule has 3 fully saturated rings. The molecule has 0 aromatic heterocycles. The summed E-state index contributed by atoms with van der Waals surface area (Å²) in [7, 11) is 1.69. The van der Waals surface area contributed by atoms with Crippen molar-refractivity contribution >= 4 is 17.3 Å². The molecule has 3 aliphatic rings. The molecule has 106 valence electrons. The molecule has 4 nitrogen and oxygen atoms in total. The second-order valence-corrected chi connectivity index (χ2v) is 5.74. The smallest absolute Gasteiger partial charge is 0.166 e. The first-order chi connectivity index (χ1) is 9.24. The number of rotatable bonds is 5. The highest BCUT2D eigenvalue weighted by Crippen LogP contribution is 2.35. The number of terminal acetylenes is 1. The Bertz CT molecular complexity index is 355. The third-order valence-corrected chi connectivity index (χ3v) is 4.47. The highest BCUT2D eigenvalue weighted by Gasteiger charge is 2.38. The zero-order valence-corrected chi connectivity index (χ0v) is 12.3. The topological polar surface area (TPSA) is 36.5 Å². The van der Waals surface area contributed by atoms with E-state index in [4.69, 9.17) is 23.4 Å². The van der Waals surface area contributed by atoms with Crippen LogP contribution in [0.2, 0.25) is 0 Å². The van der Waals surface area contributed by atoms with Gasteiger partial charge in [-0.15, -0.1) is 12.3 Å². The zero-order chi connectivity index (χ0) is 13.7. The highest BCUT2D eigenvalue weighted by molar-refractivity contribution is 7.80. The van der Waals surface area contributed by atoms with E-state index in [2.05, 4.69) is 21.5 Å². The Hall–Kier alpha value is -0.830. The second-order valence-electron chi connectivity index (χ2n) is 5.34. The minimum Gasteiger partial charge on any atom is -0.383 e. The van der Waals surface area contributed by atoms with E-state index in [0.717, 1.165) is 19.6 Å². The molecule has 0 radical (unpaired) electrons. The van der Waals surface area contributed by atoms with Crippen molar-refractivity contribution in [2.45, 2.75) is 18.9 Å². The minimum absolute atomic E-state index is 0.455. The molecule has 3 saturated heterocycles. The summed E-state index contributed by atoms with van der Waals surface area (Å²) < 4.78 is 4.97. The molecule has 19 heavy (non-hydrogen) atoms. The van der Waals surface area contributed by atoms with Gasteiger partial charge >= 0.3 is 0 Å². The lowest BCUT2D eigenvalue weighted by atomic mass is 9.76. The van der Waals surface area contributed by atoms with Crippen LogP contribution in [0.1, 0.15) is 12.8 Å². The number of nitrogens with one attached hydrogen (secondary N) is 2. The van der Waals surface area contributed by atoms with Crippen LogP contribution in [-0.2, 0) is 4.74 Å². The van der Waals surface area contributed by atoms with Crippen molar-refractivity contribution in [2.24, 2.45) is 11.8 Å². The van der Waals surface area contributed by atoms with Crippen LogP contribution in [0.3, 0.4) is 0 Å². The van der Waals surface area contributed by atoms with E-state index < -0.39 is 0 Å². The third kappa shape index (κ3) is 3.82. The van der Waals surface area contributed by atoms with E-state index in [1.165, 1.54) is 19.4 Å². The predicted octanol–water partition coefficient (Wildman–Crippen LogP) is 0.441. The van der Waals surface area contributed by atoms with Crippen molar-refractivity contribution in [3.05, 3.63) is 0 Å². The second kappa shape index (κ2) is 7.09. The van der Waals surface area contributed by atoms with Gasteiger partial charge in [-0.05, 0) is 37.5 Å². The number of thiocarbonyl (C=S) groups is 1. The summed E-state index contributed by atoms with van der Waals surface area (Å²) in [4.78, 5) is 2.51. The zero-order valence-electron chi connectivity index (χ0n) is 11.5. The predicted molar refractivity (Wildman–Crippen MR) is 80.9 cm³/mol. The van der Waals surface area contributed by atoms with E-state index in [1.807, 2.05) is 0 Å². The monoisotopic (exact) mass is 281 g/mol. The summed E-state index contributed by atoms with van der Waals surface area (Å²) in [5, 5.41) is 7.15. The maximum atomic E-state index is 5.59. The highest BCUT2D eigenvalue weighted by atomic mass is 32.1. The fourth-order valence-electron chi connectivity index (χ4n) is 3.08. The molecule has 0 saturated carbocycles. The van der Waals surface area contributed by atoms with Crippen LogP contribution in [0.4, 0.5) is 0 Å². The number of piperidine rings is 3. The Balaban J connectivity index is 1.70. The van der Waals surface area contributed by atoms with Crippen LogP contribution in [-0.4, -0.2) is 55.9 Å². The van der Waals surface area contributed by atoms with Gasteiger partial charge in [0.1, 0.15) is 0 Å². The van der Waals surface area contributed by atoms with Gasteiger partial charge in [-0.3, -0.25) is 4.90 Å². The van der Waals surface area contributed by atoms with Crippen molar-refractivity contribution in [1.29, 1.82) is 0 Å². The van der Waals surface area contributed by atoms with Gasteiger partial charge in [0.05, 0.1) is 6.61 Å². The average molecular weight is 281 g/mol. The number of hydrogen-bond donors (Lipinski definition) is 2. The molecule has 0 spiro atoms. The molecule has 2 bridgehead atoms. The quantitative estimate of drug-likeness (QED) is 0.434. The lowest BCUT2D eigenvalue weighted by molar-refractivity contribution is 0.0248. The van der Waals surface area contributed by atoms with E-state index in [1.54, 1.807) is 7.11 Å². The van der Waals surface area contributed by atoms with Crippen LogP contribution in [0.25, 0.3) is 0 Å². The van der Waals surface area contributed by atoms with Gasteiger partial charge in [-0.25, -0.2) is 0 Å². The lowest BCUT2D eigenvalue weighted by Gasteiger charge is -2.48. The molecule has 5 heteroatoms. The van der Waals surface area contributed by atoms with Gasteiger partial charge in [-0.2, -0.15) is 0 Å². The summed E-state index contributed by atoms with van der Waals surface area (Å²) in [5.41, 5.74) is 0. The van der Waals surface area contributed by atoms with Crippen LogP contribution in [0, 0.1) is 24.2 Å².